The molecule has 0 aliphatic carbocycles. The summed E-state index contributed by atoms with van der Waals surface area (Å²) in [5, 5.41) is 2.67. The normalized spacial score (nSPS) is 9.95. The lowest BCUT2D eigenvalue weighted by molar-refractivity contribution is -0.146. The summed E-state index contributed by atoms with van der Waals surface area (Å²) >= 11 is 3.33. The maximum atomic E-state index is 11.7. The Morgan fingerprint density at radius 1 is 1.00 bits per heavy atom. The van der Waals surface area contributed by atoms with Crippen molar-refractivity contribution in [1.82, 2.24) is 0 Å². The summed E-state index contributed by atoms with van der Waals surface area (Å²) in [5.74, 6) is -0.799. The van der Waals surface area contributed by atoms with Gasteiger partial charge in [-0.25, -0.2) is 0 Å². The summed E-state index contributed by atoms with van der Waals surface area (Å²) in [5.41, 5.74) is 1.50. The van der Waals surface area contributed by atoms with Crippen molar-refractivity contribution >= 4 is 33.5 Å². The molecule has 0 fully saturated rings. The van der Waals surface area contributed by atoms with Crippen molar-refractivity contribution < 1.29 is 14.3 Å². The van der Waals surface area contributed by atoms with Crippen LogP contribution in [0.1, 0.15) is 5.56 Å². The Morgan fingerprint density at radius 2 is 1.67 bits per heavy atom. The van der Waals surface area contributed by atoms with Gasteiger partial charge < -0.3 is 10.1 Å². The van der Waals surface area contributed by atoms with Gasteiger partial charge in [0.1, 0.15) is 0 Å². The first-order chi connectivity index (χ1) is 10.1. The van der Waals surface area contributed by atoms with Gasteiger partial charge in [-0.3, -0.25) is 9.59 Å². The van der Waals surface area contributed by atoms with Crippen LogP contribution in [-0.4, -0.2) is 18.5 Å². The summed E-state index contributed by atoms with van der Waals surface area (Å²) < 4.78 is 5.73. The van der Waals surface area contributed by atoms with Gasteiger partial charge in [-0.05, 0) is 33.6 Å². The molecule has 0 saturated carbocycles. The molecule has 0 spiro atoms. The van der Waals surface area contributed by atoms with Gasteiger partial charge >= 0.3 is 5.97 Å². The molecule has 0 unspecified atom stereocenters. The number of hydrogen-bond acceptors (Lipinski definition) is 3. The highest BCUT2D eigenvalue weighted by molar-refractivity contribution is 9.10. The highest BCUT2D eigenvalue weighted by atomic mass is 79.9. The maximum Gasteiger partial charge on any atom is 0.310 e. The van der Waals surface area contributed by atoms with Gasteiger partial charge in [-0.2, -0.15) is 0 Å². The lowest BCUT2D eigenvalue weighted by Crippen LogP contribution is -2.21. The fourth-order valence-electron chi connectivity index (χ4n) is 1.71. The number of halogens is 1. The van der Waals surface area contributed by atoms with Crippen molar-refractivity contribution in [1.29, 1.82) is 0 Å². The van der Waals surface area contributed by atoms with E-state index in [0.29, 0.717) is 5.69 Å². The third-order valence-corrected chi connectivity index (χ3v) is 3.39. The van der Waals surface area contributed by atoms with Gasteiger partial charge in [0.25, 0.3) is 5.91 Å². The molecular weight excluding hydrogens is 334 g/mol. The van der Waals surface area contributed by atoms with Crippen molar-refractivity contribution in [3.05, 3.63) is 64.6 Å². The Hall–Kier alpha value is -2.14. The van der Waals surface area contributed by atoms with Gasteiger partial charge in [0.2, 0.25) is 0 Å². The van der Waals surface area contributed by atoms with E-state index in [1.165, 1.54) is 0 Å². The predicted molar refractivity (Wildman–Crippen MR) is 83.9 cm³/mol. The first-order valence-electron chi connectivity index (χ1n) is 6.39. The van der Waals surface area contributed by atoms with Crippen LogP contribution in [0.25, 0.3) is 0 Å². The maximum absolute atomic E-state index is 11.7. The lowest BCUT2D eigenvalue weighted by atomic mass is 10.2. The molecule has 0 saturated heterocycles. The van der Waals surface area contributed by atoms with Crippen LogP contribution < -0.4 is 5.32 Å². The van der Waals surface area contributed by atoms with Crippen molar-refractivity contribution in [2.24, 2.45) is 0 Å². The molecule has 0 aliphatic rings. The largest absolute Gasteiger partial charge is 0.455 e. The van der Waals surface area contributed by atoms with Crippen molar-refractivity contribution in [2.75, 3.05) is 11.9 Å². The Morgan fingerprint density at radius 3 is 2.38 bits per heavy atom. The number of para-hydroxylation sites is 1. The molecule has 0 radical (unpaired) electrons. The smallest absolute Gasteiger partial charge is 0.310 e. The van der Waals surface area contributed by atoms with Crippen LogP contribution in [0.4, 0.5) is 5.69 Å². The topological polar surface area (TPSA) is 55.4 Å². The van der Waals surface area contributed by atoms with Gasteiger partial charge in [0.05, 0.1) is 12.1 Å². The molecule has 0 bridgehead atoms. The van der Waals surface area contributed by atoms with Crippen LogP contribution in [0.5, 0.6) is 0 Å². The quantitative estimate of drug-likeness (QED) is 0.845. The Labute approximate surface area is 131 Å². The molecule has 2 rings (SSSR count). The minimum absolute atomic E-state index is 0.156. The third-order valence-electron chi connectivity index (χ3n) is 2.70. The molecule has 1 N–H and O–H groups in total. The van der Waals surface area contributed by atoms with E-state index >= 15 is 0 Å². The molecule has 2 aromatic rings. The van der Waals surface area contributed by atoms with Crippen LogP contribution >= 0.6 is 15.9 Å². The number of hydrogen-bond donors (Lipinski definition) is 1. The summed E-state index contributed by atoms with van der Waals surface area (Å²) in [6, 6.07) is 16.5. The molecule has 2 aromatic carbocycles. The van der Waals surface area contributed by atoms with E-state index in [1.807, 2.05) is 48.5 Å². The molecule has 0 aromatic heterocycles. The number of benzene rings is 2. The second-order valence-corrected chi connectivity index (χ2v) is 5.21. The van der Waals surface area contributed by atoms with Gasteiger partial charge in [0, 0.05) is 4.47 Å². The number of amides is 1. The lowest BCUT2D eigenvalue weighted by Gasteiger charge is -2.08. The highest BCUT2D eigenvalue weighted by Crippen LogP contribution is 2.20. The van der Waals surface area contributed by atoms with Gasteiger partial charge in [-0.1, -0.05) is 42.5 Å². The zero-order valence-corrected chi connectivity index (χ0v) is 12.8. The Kier molecular flexibility index (Phi) is 5.51. The fourth-order valence-corrected chi connectivity index (χ4v) is 2.09. The van der Waals surface area contributed by atoms with Crippen LogP contribution in [-0.2, 0) is 20.7 Å². The number of carbonyl (C=O) groups excluding carboxylic acids is 2. The first kappa shape index (κ1) is 15.3. The number of ether oxygens (including phenoxy) is 1. The van der Waals surface area contributed by atoms with Crippen LogP contribution in [0.3, 0.4) is 0 Å². The average molecular weight is 348 g/mol. The SMILES string of the molecule is O=C(COC(=O)Cc1ccccc1)Nc1ccccc1Br. The Balaban J connectivity index is 1.79. The molecular formula is C16H14BrNO3. The minimum atomic E-state index is -0.427. The molecule has 4 nitrogen and oxygen atoms in total. The number of carbonyl (C=O) groups is 2. The van der Waals surface area contributed by atoms with E-state index in [9.17, 15) is 9.59 Å². The van der Waals surface area contributed by atoms with E-state index in [4.69, 9.17) is 4.74 Å². The van der Waals surface area contributed by atoms with Gasteiger partial charge in [-0.15, -0.1) is 0 Å². The van der Waals surface area contributed by atoms with Gasteiger partial charge in [0.15, 0.2) is 6.61 Å². The number of anilines is 1. The van der Waals surface area contributed by atoms with Crippen molar-refractivity contribution in [3.63, 3.8) is 0 Å². The van der Waals surface area contributed by atoms with E-state index in [-0.39, 0.29) is 18.9 Å². The first-order valence-corrected chi connectivity index (χ1v) is 7.18. The van der Waals surface area contributed by atoms with Crippen LogP contribution in [0, 0.1) is 0 Å². The zero-order valence-electron chi connectivity index (χ0n) is 11.2. The average Bonchev–Trinajstić information content (AvgIpc) is 2.49. The van der Waals surface area contributed by atoms with E-state index in [1.54, 1.807) is 6.07 Å². The number of nitrogens with one attached hydrogen (secondary N) is 1. The number of rotatable bonds is 5. The third kappa shape index (κ3) is 5.04. The summed E-state index contributed by atoms with van der Waals surface area (Å²) in [6.45, 7) is -0.299. The van der Waals surface area contributed by atoms with Crippen LogP contribution in [0.15, 0.2) is 59.1 Å². The zero-order chi connectivity index (χ0) is 15.1. The second kappa shape index (κ2) is 7.59. The van der Waals surface area contributed by atoms with E-state index in [2.05, 4.69) is 21.2 Å². The molecule has 108 valence electrons. The van der Waals surface area contributed by atoms with E-state index in [0.717, 1.165) is 10.0 Å². The fraction of sp³-hybridized carbons (Fsp3) is 0.125. The summed E-state index contributed by atoms with van der Waals surface area (Å²) in [6.07, 6.45) is 0.156. The minimum Gasteiger partial charge on any atom is -0.455 e. The second-order valence-electron chi connectivity index (χ2n) is 4.35. The predicted octanol–water partition coefficient (Wildman–Crippen LogP) is 3.17. The molecule has 0 aliphatic heterocycles. The summed E-state index contributed by atoms with van der Waals surface area (Å²) in [7, 11) is 0. The molecule has 0 heterocycles. The Bertz CT molecular complexity index is 628. The number of esters is 1. The summed E-state index contributed by atoms with van der Waals surface area (Å²) in [4.78, 5) is 23.3. The van der Waals surface area contributed by atoms with Crippen molar-refractivity contribution in [2.45, 2.75) is 6.42 Å². The monoisotopic (exact) mass is 347 g/mol. The molecule has 21 heavy (non-hydrogen) atoms. The van der Waals surface area contributed by atoms with Crippen molar-refractivity contribution in [3.8, 4) is 0 Å². The molecule has 0 atom stereocenters. The van der Waals surface area contributed by atoms with E-state index < -0.39 is 5.97 Å². The standard InChI is InChI=1S/C16H14BrNO3/c17-13-8-4-5-9-14(13)18-15(19)11-21-16(20)10-12-6-2-1-3-7-12/h1-9H,10-11H2,(H,18,19). The molecule has 1 amide bonds. The molecule has 5 heteroatoms. The highest BCUT2D eigenvalue weighted by Gasteiger charge is 2.09. The van der Waals surface area contributed by atoms with Crippen LogP contribution in [0.2, 0.25) is 0 Å².